The number of amides is 1. The van der Waals surface area contributed by atoms with Gasteiger partial charge in [-0.15, -0.1) is 0 Å². The topological polar surface area (TPSA) is 88.2 Å². The van der Waals surface area contributed by atoms with Gasteiger partial charge < -0.3 is 20.6 Å². The van der Waals surface area contributed by atoms with Crippen LogP contribution in [-0.2, 0) is 9.53 Å². The Morgan fingerprint density at radius 3 is 2.40 bits per heavy atom. The molecule has 0 aromatic carbocycles. The standard InChI is InChI=1S/C13H23N3O3S/c1-9-7-16(8-10(2)20-9)12(17)13(11(14)15-18)3-5-19-6-4-13/h9-10,18H,3-8H2,1-2H3,(H2,14,15). The molecule has 2 heterocycles. The minimum atomic E-state index is -0.894. The van der Waals surface area contributed by atoms with Crippen LogP contribution in [0.15, 0.2) is 5.16 Å². The number of ether oxygens (including phenoxy) is 1. The molecule has 1 amide bonds. The summed E-state index contributed by atoms with van der Waals surface area (Å²) in [6.45, 7) is 6.62. The molecule has 7 heteroatoms. The Balaban J connectivity index is 2.22. The Morgan fingerprint density at radius 2 is 1.90 bits per heavy atom. The summed E-state index contributed by atoms with van der Waals surface area (Å²) >= 11 is 1.89. The highest BCUT2D eigenvalue weighted by Crippen LogP contribution is 2.35. The van der Waals surface area contributed by atoms with Crippen molar-refractivity contribution in [2.75, 3.05) is 26.3 Å². The molecule has 0 bridgehead atoms. The predicted molar refractivity (Wildman–Crippen MR) is 79.0 cm³/mol. The van der Waals surface area contributed by atoms with Crippen LogP contribution in [0.2, 0.25) is 0 Å². The summed E-state index contributed by atoms with van der Waals surface area (Å²) in [7, 11) is 0. The van der Waals surface area contributed by atoms with E-state index >= 15 is 0 Å². The molecule has 2 aliphatic rings. The first-order valence-corrected chi connectivity index (χ1v) is 7.94. The number of oxime groups is 1. The first-order chi connectivity index (χ1) is 9.49. The smallest absolute Gasteiger partial charge is 0.236 e. The van der Waals surface area contributed by atoms with E-state index in [-0.39, 0.29) is 11.7 Å². The maximum absolute atomic E-state index is 13.0. The lowest BCUT2D eigenvalue weighted by molar-refractivity contribution is -0.142. The molecular formula is C13H23N3O3S. The number of nitrogens with zero attached hydrogens (tertiary/aromatic N) is 2. The quantitative estimate of drug-likeness (QED) is 0.342. The van der Waals surface area contributed by atoms with Crippen LogP contribution >= 0.6 is 11.8 Å². The zero-order chi connectivity index (χ0) is 14.8. The number of hydrogen-bond donors (Lipinski definition) is 2. The molecule has 6 nitrogen and oxygen atoms in total. The minimum absolute atomic E-state index is 0.0179. The maximum atomic E-state index is 13.0. The molecule has 114 valence electrons. The van der Waals surface area contributed by atoms with Gasteiger partial charge in [-0.3, -0.25) is 4.79 Å². The van der Waals surface area contributed by atoms with Crippen molar-refractivity contribution in [3.05, 3.63) is 0 Å². The average molecular weight is 301 g/mol. The van der Waals surface area contributed by atoms with Crippen LogP contribution in [0.25, 0.3) is 0 Å². The molecule has 2 rings (SSSR count). The number of hydrogen-bond acceptors (Lipinski definition) is 5. The van der Waals surface area contributed by atoms with Crippen LogP contribution in [0.3, 0.4) is 0 Å². The summed E-state index contributed by atoms with van der Waals surface area (Å²) in [5, 5.41) is 13.0. The molecule has 0 aliphatic carbocycles. The lowest BCUT2D eigenvalue weighted by Crippen LogP contribution is -2.57. The third-order valence-corrected chi connectivity index (χ3v) is 5.29. The molecular weight excluding hydrogens is 278 g/mol. The summed E-state index contributed by atoms with van der Waals surface area (Å²) in [4.78, 5) is 14.8. The van der Waals surface area contributed by atoms with E-state index in [1.807, 2.05) is 16.7 Å². The second kappa shape index (κ2) is 6.22. The van der Waals surface area contributed by atoms with Gasteiger partial charge in [-0.25, -0.2) is 0 Å². The van der Waals surface area contributed by atoms with Gasteiger partial charge in [0.15, 0.2) is 5.84 Å². The first-order valence-electron chi connectivity index (χ1n) is 7.00. The van der Waals surface area contributed by atoms with Crippen molar-refractivity contribution in [2.45, 2.75) is 37.2 Å². The number of nitrogens with two attached hydrogens (primary N) is 1. The van der Waals surface area contributed by atoms with Gasteiger partial charge in [0.25, 0.3) is 0 Å². The highest BCUT2D eigenvalue weighted by molar-refractivity contribution is 8.00. The van der Waals surface area contributed by atoms with Crippen LogP contribution in [0.1, 0.15) is 26.7 Å². The first kappa shape index (κ1) is 15.4. The molecule has 3 N–H and O–H groups in total. The van der Waals surface area contributed by atoms with Crippen molar-refractivity contribution in [1.82, 2.24) is 4.90 Å². The molecule has 0 aromatic heterocycles. The Bertz CT molecular complexity index is 386. The van der Waals surface area contributed by atoms with E-state index in [2.05, 4.69) is 19.0 Å². The average Bonchev–Trinajstić information content (AvgIpc) is 2.45. The molecule has 2 unspecified atom stereocenters. The van der Waals surface area contributed by atoms with Crippen LogP contribution in [-0.4, -0.2) is 58.7 Å². The lowest BCUT2D eigenvalue weighted by Gasteiger charge is -2.42. The summed E-state index contributed by atoms with van der Waals surface area (Å²) in [5.74, 6) is -0.000525. The molecule has 0 saturated carbocycles. The highest BCUT2D eigenvalue weighted by atomic mass is 32.2. The van der Waals surface area contributed by atoms with E-state index in [4.69, 9.17) is 15.7 Å². The van der Waals surface area contributed by atoms with E-state index in [0.29, 0.717) is 36.6 Å². The minimum Gasteiger partial charge on any atom is -0.409 e. The van der Waals surface area contributed by atoms with Gasteiger partial charge in [-0.05, 0) is 12.8 Å². The molecule has 0 spiro atoms. The van der Waals surface area contributed by atoms with E-state index in [1.54, 1.807) is 0 Å². The Hall–Kier alpha value is -0.950. The number of carbonyl (C=O) groups excluding carboxylic acids is 1. The fourth-order valence-corrected chi connectivity index (χ4v) is 4.37. The van der Waals surface area contributed by atoms with E-state index < -0.39 is 5.41 Å². The van der Waals surface area contributed by atoms with Gasteiger partial charge in [-0.2, -0.15) is 11.8 Å². The predicted octanol–water partition coefficient (Wildman–Crippen LogP) is 0.882. The molecule has 2 atom stereocenters. The zero-order valence-electron chi connectivity index (χ0n) is 12.0. The summed E-state index contributed by atoms with van der Waals surface area (Å²) in [5.41, 5.74) is 4.96. The van der Waals surface area contributed by atoms with Crippen LogP contribution in [0, 0.1) is 5.41 Å². The van der Waals surface area contributed by atoms with Crippen molar-refractivity contribution >= 4 is 23.5 Å². The van der Waals surface area contributed by atoms with Crippen LogP contribution in [0.4, 0.5) is 0 Å². The van der Waals surface area contributed by atoms with Gasteiger partial charge in [-0.1, -0.05) is 19.0 Å². The summed E-state index contributed by atoms with van der Waals surface area (Å²) in [6.07, 6.45) is 0.961. The third-order valence-electron chi connectivity index (χ3n) is 4.06. The number of thioether (sulfide) groups is 1. The van der Waals surface area contributed by atoms with Gasteiger partial charge in [0, 0.05) is 36.8 Å². The Morgan fingerprint density at radius 1 is 1.35 bits per heavy atom. The fraction of sp³-hybridized carbons (Fsp3) is 0.846. The largest absolute Gasteiger partial charge is 0.409 e. The molecule has 20 heavy (non-hydrogen) atoms. The van der Waals surface area contributed by atoms with E-state index in [1.165, 1.54) is 0 Å². The second-order valence-electron chi connectivity index (χ2n) is 5.65. The van der Waals surface area contributed by atoms with Gasteiger partial charge in [0.1, 0.15) is 5.41 Å². The SMILES string of the molecule is CC1CN(C(=O)C2(C(N)=NO)CCOCC2)CC(C)S1. The van der Waals surface area contributed by atoms with E-state index in [0.717, 1.165) is 13.1 Å². The Kier molecular flexibility index (Phi) is 4.80. The number of rotatable bonds is 2. The molecule has 2 saturated heterocycles. The normalized spacial score (nSPS) is 31.1. The zero-order valence-corrected chi connectivity index (χ0v) is 12.9. The van der Waals surface area contributed by atoms with Crippen LogP contribution in [0.5, 0.6) is 0 Å². The third kappa shape index (κ3) is 2.88. The lowest BCUT2D eigenvalue weighted by atomic mass is 9.77. The number of amidine groups is 1. The van der Waals surface area contributed by atoms with Gasteiger partial charge in [0.2, 0.25) is 5.91 Å². The molecule has 0 radical (unpaired) electrons. The van der Waals surface area contributed by atoms with Crippen molar-refractivity contribution in [3.63, 3.8) is 0 Å². The summed E-state index contributed by atoms with van der Waals surface area (Å²) < 4.78 is 5.33. The Labute approximate surface area is 123 Å². The van der Waals surface area contributed by atoms with Crippen molar-refractivity contribution in [2.24, 2.45) is 16.3 Å². The van der Waals surface area contributed by atoms with Crippen molar-refractivity contribution in [1.29, 1.82) is 0 Å². The highest BCUT2D eigenvalue weighted by Gasteiger charge is 2.47. The molecule has 0 aromatic rings. The van der Waals surface area contributed by atoms with Gasteiger partial charge >= 0.3 is 0 Å². The van der Waals surface area contributed by atoms with Gasteiger partial charge in [0.05, 0.1) is 0 Å². The monoisotopic (exact) mass is 301 g/mol. The summed E-state index contributed by atoms with van der Waals surface area (Å²) in [6, 6.07) is 0. The molecule has 2 fully saturated rings. The van der Waals surface area contributed by atoms with Crippen LogP contribution < -0.4 is 5.73 Å². The van der Waals surface area contributed by atoms with E-state index in [9.17, 15) is 4.79 Å². The molecule has 2 aliphatic heterocycles. The maximum Gasteiger partial charge on any atom is 0.236 e. The van der Waals surface area contributed by atoms with Crippen molar-refractivity contribution in [3.8, 4) is 0 Å². The number of carbonyl (C=O) groups is 1. The van der Waals surface area contributed by atoms with Crippen molar-refractivity contribution < 1.29 is 14.7 Å². The fourth-order valence-electron chi connectivity index (χ4n) is 3.04. The second-order valence-corrected chi connectivity index (χ2v) is 7.53.